The average Bonchev–Trinajstić information content (AvgIpc) is 3.48. The summed E-state index contributed by atoms with van der Waals surface area (Å²) < 4.78 is 0. The summed E-state index contributed by atoms with van der Waals surface area (Å²) in [6, 6.07) is 7.64. The van der Waals surface area contributed by atoms with Gasteiger partial charge in [0.15, 0.2) is 0 Å². The SMILES string of the molecule is C[C@H]1CCCCN1CCCNC(=O)c1cccc(NC(=O)c2nnc(C3CC3)s2)c1. The zero-order valence-corrected chi connectivity index (χ0v) is 18.2. The standard InChI is InChI=1S/C22H29N5O2S/c1-15-6-2-3-12-27(15)13-5-11-23-19(28)17-7-4-8-18(14-17)24-20(29)22-26-25-21(30-22)16-9-10-16/h4,7-8,14-16H,2-3,5-6,9-13H2,1H3,(H,23,28)(H,24,29)/t15-/m0/s1. The fraction of sp³-hybridized carbons (Fsp3) is 0.545. The number of carbonyl (C=O) groups excluding carboxylic acids is 2. The normalized spacial score (nSPS) is 19.4. The average molecular weight is 428 g/mol. The second kappa shape index (κ2) is 9.66. The van der Waals surface area contributed by atoms with Crippen molar-refractivity contribution >= 4 is 28.8 Å². The molecule has 2 amide bonds. The van der Waals surface area contributed by atoms with Crippen molar-refractivity contribution < 1.29 is 9.59 Å². The monoisotopic (exact) mass is 427 g/mol. The predicted octanol–water partition coefficient (Wildman–Crippen LogP) is 3.66. The van der Waals surface area contributed by atoms with E-state index in [1.54, 1.807) is 24.3 Å². The number of nitrogens with one attached hydrogen (secondary N) is 2. The van der Waals surface area contributed by atoms with E-state index < -0.39 is 0 Å². The number of rotatable bonds is 8. The lowest BCUT2D eigenvalue weighted by molar-refractivity contribution is 0.0947. The maximum Gasteiger partial charge on any atom is 0.286 e. The van der Waals surface area contributed by atoms with Crippen LogP contribution in [0.4, 0.5) is 5.69 Å². The summed E-state index contributed by atoms with van der Waals surface area (Å²) in [6.45, 7) is 5.11. The van der Waals surface area contributed by atoms with E-state index >= 15 is 0 Å². The van der Waals surface area contributed by atoms with E-state index in [2.05, 4.69) is 32.7 Å². The molecule has 1 atom stereocenters. The molecule has 2 N–H and O–H groups in total. The van der Waals surface area contributed by atoms with Gasteiger partial charge in [0.2, 0.25) is 5.01 Å². The van der Waals surface area contributed by atoms with E-state index in [0.717, 1.165) is 37.4 Å². The third-order valence-corrected chi connectivity index (χ3v) is 6.88. The molecule has 2 aromatic rings. The summed E-state index contributed by atoms with van der Waals surface area (Å²) in [4.78, 5) is 27.4. The number of carbonyl (C=O) groups is 2. The number of benzene rings is 1. The molecule has 8 heteroatoms. The van der Waals surface area contributed by atoms with Crippen LogP contribution >= 0.6 is 11.3 Å². The largest absolute Gasteiger partial charge is 0.352 e. The molecule has 30 heavy (non-hydrogen) atoms. The Balaban J connectivity index is 1.25. The minimum atomic E-state index is -0.285. The summed E-state index contributed by atoms with van der Waals surface area (Å²) in [5, 5.41) is 15.2. The number of amides is 2. The molecule has 2 heterocycles. The number of hydrogen-bond donors (Lipinski definition) is 2. The van der Waals surface area contributed by atoms with Gasteiger partial charge in [-0.3, -0.25) is 9.59 Å². The second-order valence-corrected chi connectivity index (χ2v) is 9.25. The van der Waals surface area contributed by atoms with Crippen LogP contribution in [-0.4, -0.2) is 52.6 Å². The van der Waals surface area contributed by atoms with Crippen LogP contribution in [0.3, 0.4) is 0 Å². The van der Waals surface area contributed by atoms with Crippen LogP contribution in [0, 0.1) is 0 Å². The molecule has 2 fully saturated rings. The molecule has 0 bridgehead atoms. The van der Waals surface area contributed by atoms with Crippen molar-refractivity contribution in [3.63, 3.8) is 0 Å². The Bertz CT molecular complexity index is 895. The lowest BCUT2D eigenvalue weighted by Crippen LogP contribution is -2.39. The van der Waals surface area contributed by atoms with E-state index in [9.17, 15) is 9.59 Å². The van der Waals surface area contributed by atoms with E-state index in [4.69, 9.17) is 0 Å². The van der Waals surface area contributed by atoms with Gasteiger partial charge >= 0.3 is 0 Å². The van der Waals surface area contributed by atoms with Crippen molar-refractivity contribution in [3.8, 4) is 0 Å². The van der Waals surface area contributed by atoms with Crippen LogP contribution in [0.25, 0.3) is 0 Å². The lowest BCUT2D eigenvalue weighted by atomic mass is 10.0. The maximum atomic E-state index is 12.5. The van der Waals surface area contributed by atoms with Gasteiger partial charge in [-0.2, -0.15) is 0 Å². The number of nitrogens with zero attached hydrogens (tertiary/aromatic N) is 3. The quantitative estimate of drug-likeness (QED) is 0.628. The zero-order chi connectivity index (χ0) is 20.9. The Morgan fingerprint density at radius 3 is 2.83 bits per heavy atom. The Kier molecular flexibility index (Phi) is 6.74. The summed E-state index contributed by atoms with van der Waals surface area (Å²) in [5.41, 5.74) is 1.12. The molecular formula is C22H29N5O2S. The number of hydrogen-bond acceptors (Lipinski definition) is 6. The Hall–Kier alpha value is -2.32. The van der Waals surface area contributed by atoms with Crippen LogP contribution < -0.4 is 10.6 Å². The maximum absolute atomic E-state index is 12.5. The van der Waals surface area contributed by atoms with Crippen LogP contribution in [0.15, 0.2) is 24.3 Å². The lowest BCUT2D eigenvalue weighted by Gasteiger charge is -2.33. The van der Waals surface area contributed by atoms with Gasteiger partial charge in [0.25, 0.3) is 11.8 Å². The smallest absolute Gasteiger partial charge is 0.286 e. The third kappa shape index (κ3) is 5.43. The van der Waals surface area contributed by atoms with Crippen LogP contribution in [0.5, 0.6) is 0 Å². The molecule has 1 saturated carbocycles. The fourth-order valence-electron chi connectivity index (χ4n) is 3.82. The molecule has 160 valence electrons. The summed E-state index contributed by atoms with van der Waals surface area (Å²) in [7, 11) is 0. The number of anilines is 1. The summed E-state index contributed by atoms with van der Waals surface area (Å²) in [6.07, 6.45) is 7.06. The van der Waals surface area contributed by atoms with Gasteiger partial charge < -0.3 is 15.5 Å². The third-order valence-electron chi connectivity index (χ3n) is 5.79. The van der Waals surface area contributed by atoms with Gasteiger partial charge in [-0.05, 0) is 63.8 Å². The first kappa shape index (κ1) is 20.9. The van der Waals surface area contributed by atoms with Crippen molar-refractivity contribution in [1.29, 1.82) is 0 Å². The van der Waals surface area contributed by atoms with Crippen LogP contribution in [0.2, 0.25) is 0 Å². The number of likely N-dealkylation sites (tertiary alicyclic amines) is 1. The highest BCUT2D eigenvalue weighted by molar-refractivity contribution is 7.13. The minimum absolute atomic E-state index is 0.121. The van der Waals surface area contributed by atoms with E-state index in [-0.39, 0.29) is 11.8 Å². The number of piperidine rings is 1. The van der Waals surface area contributed by atoms with Crippen molar-refractivity contribution in [3.05, 3.63) is 39.8 Å². The fourth-order valence-corrected chi connectivity index (χ4v) is 4.73. The van der Waals surface area contributed by atoms with Crippen LogP contribution in [0.1, 0.15) is 76.5 Å². The Morgan fingerprint density at radius 1 is 1.17 bits per heavy atom. The first-order valence-electron chi connectivity index (χ1n) is 10.9. The van der Waals surface area contributed by atoms with E-state index in [0.29, 0.717) is 34.8 Å². The van der Waals surface area contributed by atoms with Crippen molar-refractivity contribution in [2.45, 2.75) is 57.4 Å². The molecule has 0 unspecified atom stereocenters. The van der Waals surface area contributed by atoms with Crippen molar-refractivity contribution in [1.82, 2.24) is 20.4 Å². The molecule has 1 aliphatic heterocycles. The predicted molar refractivity (Wildman–Crippen MR) is 118 cm³/mol. The summed E-state index contributed by atoms with van der Waals surface area (Å²) >= 11 is 1.35. The molecule has 0 spiro atoms. The highest BCUT2D eigenvalue weighted by Crippen LogP contribution is 2.41. The topological polar surface area (TPSA) is 87.2 Å². The highest BCUT2D eigenvalue weighted by atomic mass is 32.1. The first-order valence-corrected chi connectivity index (χ1v) is 11.7. The first-order chi connectivity index (χ1) is 14.6. The Labute approximate surface area is 181 Å². The van der Waals surface area contributed by atoms with Gasteiger partial charge in [-0.1, -0.05) is 23.8 Å². The highest BCUT2D eigenvalue weighted by Gasteiger charge is 2.28. The molecular weight excluding hydrogens is 398 g/mol. The molecule has 1 aromatic heterocycles. The molecule has 1 aromatic carbocycles. The summed E-state index contributed by atoms with van der Waals surface area (Å²) in [5.74, 6) is 0.0755. The molecule has 7 nitrogen and oxygen atoms in total. The molecule has 4 rings (SSSR count). The zero-order valence-electron chi connectivity index (χ0n) is 17.4. The van der Waals surface area contributed by atoms with E-state index in [1.165, 1.54) is 30.6 Å². The van der Waals surface area contributed by atoms with Gasteiger partial charge in [0.05, 0.1) is 0 Å². The van der Waals surface area contributed by atoms with Gasteiger partial charge in [0, 0.05) is 36.3 Å². The Morgan fingerprint density at radius 2 is 2.03 bits per heavy atom. The molecule has 1 aliphatic carbocycles. The molecule has 1 saturated heterocycles. The second-order valence-electron chi connectivity index (χ2n) is 8.24. The molecule has 2 aliphatic rings. The van der Waals surface area contributed by atoms with Gasteiger partial charge in [0.1, 0.15) is 5.01 Å². The van der Waals surface area contributed by atoms with Gasteiger partial charge in [-0.15, -0.1) is 10.2 Å². The van der Waals surface area contributed by atoms with Crippen molar-refractivity contribution in [2.24, 2.45) is 0 Å². The minimum Gasteiger partial charge on any atom is -0.352 e. The number of aromatic nitrogens is 2. The molecule has 0 radical (unpaired) electrons. The van der Waals surface area contributed by atoms with Crippen LogP contribution in [-0.2, 0) is 0 Å². The van der Waals surface area contributed by atoms with E-state index in [1.807, 2.05) is 0 Å². The van der Waals surface area contributed by atoms with Gasteiger partial charge in [-0.25, -0.2) is 0 Å². The van der Waals surface area contributed by atoms with Crippen molar-refractivity contribution in [2.75, 3.05) is 25.0 Å².